The Morgan fingerprint density at radius 2 is 1.74 bits per heavy atom. The molecule has 0 aliphatic carbocycles. The van der Waals surface area contributed by atoms with Gasteiger partial charge in [0, 0.05) is 31.9 Å². The Bertz CT molecular complexity index is 1110. The number of carbonyl (C=O) groups is 2. The molecule has 0 radical (unpaired) electrons. The zero-order valence-corrected chi connectivity index (χ0v) is 17.4. The fraction of sp³-hybridized carbons (Fsp3) is 0.136. The number of anilines is 2. The second kappa shape index (κ2) is 9.13. The fourth-order valence-corrected chi connectivity index (χ4v) is 3.48. The number of allylic oxidation sites excluding steroid dienone is 1. The summed E-state index contributed by atoms with van der Waals surface area (Å²) in [7, 11) is 3.52. The first-order valence-electron chi connectivity index (χ1n) is 9.08. The molecule has 5 nitrogen and oxygen atoms in total. The highest BCUT2D eigenvalue weighted by atomic mass is 32.1. The Labute approximate surface area is 181 Å². The van der Waals surface area contributed by atoms with Gasteiger partial charge in [-0.1, -0.05) is 35.6 Å². The molecular formula is C22H18F3N3O2S. The number of rotatable bonds is 6. The van der Waals surface area contributed by atoms with Crippen LogP contribution in [-0.2, 0) is 6.18 Å². The Balaban J connectivity index is 2.06. The van der Waals surface area contributed by atoms with Crippen LogP contribution in [-0.4, -0.2) is 35.7 Å². The lowest BCUT2D eigenvalue weighted by molar-refractivity contribution is -0.137. The van der Waals surface area contributed by atoms with Gasteiger partial charge in [-0.25, -0.2) is 4.98 Å². The molecule has 9 heteroatoms. The SMILES string of the molecule is CN(C)C=CC(=O)c1cnc(N(C(=O)c2ccccc2)c2cccc(C(F)(F)F)c2)s1. The van der Waals surface area contributed by atoms with E-state index < -0.39 is 17.6 Å². The van der Waals surface area contributed by atoms with Crippen LogP contribution in [0.4, 0.5) is 24.0 Å². The van der Waals surface area contributed by atoms with Crippen molar-refractivity contribution in [2.24, 2.45) is 0 Å². The minimum atomic E-state index is -4.57. The number of aromatic nitrogens is 1. The number of ketones is 1. The number of benzene rings is 2. The van der Waals surface area contributed by atoms with Crippen LogP contribution in [0.1, 0.15) is 25.6 Å². The summed E-state index contributed by atoms with van der Waals surface area (Å²) in [5.41, 5.74) is -0.617. The Kier molecular flexibility index (Phi) is 6.55. The van der Waals surface area contributed by atoms with Crippen molar-refractivity contribution in [3.8, 4) is 0 Å². The molecule has 0 saturated heterocycles. The number of hydrogen-bond donors (Lipinski definition) is 0. The first kappa shape index (κ1) is 22.2. The second-order valence-electron chi connectivity index (χ2n) is 6.71. The predicted molar refractivity (Wildman–Crippen MR) is 114 cm³/mol. The Morgan fingerprint density at radius 1 is 1.03 bits per heavy atom. The second-order valence-corrected chi connectivity index (χ2v) is 7.71. The maximum absolute atomic E-state index is 13.2. The predicted octanol–water partition coefficient (Wildman–Crippen LogP) is 5.40. The molecule has 160 valence electrons. The van der Waals surface area contributed by atoms with Gasteiger partial charge >= 0.3 is 6.18 Å². The normalized spacial score (nSPS) is 11.5. The number of thiazole rings is 1. The molecule has 0 bridgehead atoms. The molecule has 0 spiro atoms. The van der Waals surface area contributed by atoms with Crippen LogP contribution in [0.25, 0.3) is 0 Å². The van der Waals surface area contributed by atoms with Gasteiger partial charge in [0.05, 0.1) is 22.3 Å². The monoisotopic (exact) mass is 445 g/mol. The van der Waals surface area contributed by atoms with E-state index >= 15 is 0 Å². The molecule has 2 aromatic carbocycles. The number of nitrogens with zero attached hydrogens (tertiary/aromatic N) is 3. The third kappa shape index (κ3) is 5.37. The van der Waals surface area contributed by atoms with Gasteiger partial charge in [-0.3, -0.25) is 14.5 Å². The van der Waals surface area contributed by atoms with Crippen LogP contribution < -0.4 is 4.90 Å². The van der Waals surface area contributed by atoms with Gasteiger partial charge in [-0.2, -0.15) is 13.2 Å². The van der Waals surface area contributed by atoms with Gasteiger partial charge in [-0.05, 0) is 30.3 Å². The Morgan fingerprint density at radius 3 is 2.39 bits per heavy atom. The molecule has 3 aromatic rings. The molecule has 0 N–H and O–H groups in total. The van der Waals surface area contributed by atoms with E-state index in [1.165, 1.54) is 24.4 Å². The van der Waals surface area contributed by atoms with Gasteiger partial charge in [0.25, 0.3) is 5.91 Å². The van der Waals surface area contributed by atoms with Crippen molar-refractivity contribution in [2.45, 2.75) is 6.18 Å². The van der Waals surface area contributed by atoms with Crippen molar-refractivity contribution in [1.29, 1.82) is 0 Å². The third-order valence-corrected chi connectivity index (χ3v) is 5.10. The lowest BCUT2D eigenvalue weighted by Gasteiger charge is -2.21. The summed E-state index contributed by atoms with van der Waals surface area (Å²) in [6.45, 7) is 0. The van der Waals surface area contributed by atoms with Gasteiger partial charge in [0.15, 0.2) is 10.9 Å². The van der Waals surface area contributed by atoms with Crippen molar-refractivity contribution >= 4 is 33.8 Å². The summed E-state index contributed by atoms with van der Waals surface area (Å²) in [6.07, 6.45) is -0.341. The molecule has 0 fully saturated rings. The van der Waals surface area contributed by atoms with Crippen LogP contribution >= 0.6 is 11.3 Å². The molecule has 0 atom stereocenters. The summed E-state index contributed by atoms with van der Waals surface area (Å²) < 4.78 is 39.7. The molecule has 0 unspecified atom stereocenters. The summed E-state index contributed by atoms with van der Waals surface area (Å²) in [5.74, 6) is -0.884. The van der Waals surface area contributed by atoms with Gasteiger partial charge in [0.1, 0.15) is 0 Å². The van der Waals surface area contributed by atoms with E-state index in [9.17, 15) is 22.8 Å². The number of hydrogen-bond acceptors (Lipinski definition) is 5. The van der Waals surface area contributed by atoms with Crippen molar-refractivity contribution < 1.29 is 22.8 Å². The van der Waals surface area contributed by atoms with E-state index in [2.05, 4.69) is 4.98 Å². The smallest absolute Gasteiger partial charge is 0.383 e. The first-order chi connectivity index (χ1) is 14.7. The van der Waals surface area contributed by atoms with E-state index in [0.717, 1.165) is 28.4 Å². The molecule has 1 amide bonds. The molecule has 3 rings (SSSR count). The zero-order valence-electron chi connectivity index (χ0n) is 16.6. The minimum absolute atomic E-state index is 0.000797. The molecule has 0 saturated carbocycles. The minimum Gasteiger partial charge on any atom is -0.383 e. The average Bonchev–Trinajstić information content (AvgIpc) is 3.22. The van der Waals surface area contributed by atoms with E-state index in [0.29, 0.717) is 0 Å². The summed E-state index contributed by atoms with van der Waals surface area (Å²) in [4.78, 5) is 32.7. The molecule has 1 aromatic heterocycles. The Hall–Kier alpha value is -3.46. The molecular weight excluding hydrogens is 427 g/mol. The van der Waals surface area contributed by atoms with Crippen molar-refractivity contribution in [1.82, 2.24) is 9.88 Å². The maximum atomic E-state index is 13.2. The highest BCUT2D eigenvalue weighted by molar-refractivity contribution is 7.17. The standard InChI is InChI=1S/C22H18F3N3O2S/c1-27(2)12-11-18(29)19-14-26-21(31-19)28(20(30)15-7-4-3-5-8-15)17-10-6-9-16(13-17)22(23,24)25/h3-14H,1-2H3. The van der Waals surface area contributed by atoms with Crippen LogP contribution in [0, 0.1) is 0 Å². The van der Waals surface area contributed by atoms with Crippen molar-refractivity contribution in [3.05, 3.63) is 89.1 Å². The third-order valence-electron chi connectivity index (χ3n) is 4.11. The van der Waals surface area contributed by atoms with Crippen LogP contribution in [0.2, 0.25) is 0 Å². The summed E-state index contributed by atoms with van der Waals surface area (Å²) >= 11 is 0.925. The summed E-state index contributed by atoms with van der Waals surface area (Å²) in [5, 5.41) is 0.0924. The molecule has 31 heavy (non-hydrogen) atoms. The van der Waals surface area contributed by atoms with E-state index in [-0.39, 0.29) is 27.0 Å². The number of alkyl halides is 3. The van der Waals surface area contributed by atoms with Crippen molar-refractivity contribution in [3.63, 3.8) is 0 Å². The van der Waals surface area contributed by atoms with Crippen LogP contribution in [0.3, 0.4) is 0 Å². The van der Waals surface area contributed by atoms with Crippen LogP contribution in [0.5, 0.6) is 0 Å². The average molecular weight is 445 g/mol. The number of halogens is 3. The molecule has 0 aliphatic heterocycles. The fourth-order valence-electron chi connectivity index (χ4n) is 2.63. The van der Waals surface area contributed by atoms with Gasteiger partial charge < -0.3 is 4.90 Å². The maximum Gasteiger partial charge on any atom is 0.416 e. The highest BCUT2D eigenvalue weighted by Gasteiger charge is 2.32. The van der Waals surface area contributed by atoms with Crippen molar-refractivity contribution in [2.75, 3.05) is 19.0 Å². The lowest BCUT2D eigenvalue weighted by atomic mass is 10.1. The van der Waals surface area contributed by atoms with Crippen LogP contribution in [0.15, 0.2) is 73.1 Å². The first-order valence-corrected chi connectivity index (χ1v) is 9.90. The van der Waals surface area contributed by atoms with Gasteiger partial charge in [-0.15, -0.1) is 0 Å². The van der Waals surface area contributed by atoms with E-state index in [1.54, 1.807) is 55.5 Å². The quantitative estimate of drug-likeness (QED) is 0.377. The zero-order chi connectivity index (χ0) is 22.6. The number of amides is 1. The topological polar surface area (TPSA) is 53.5 Å². The largest absolute Gasteiger partial charge is 0.416 e. The van der Waals surface area contributed by atoms with E-state index in [1.807, 2.05) is 0 Å². The molecule has 0 aliphatic rings. The van der Waals surface area contributed by atoms with E-state index in [4.69, 9.17) is 0 Å². The highest BCUT2D eigenvalue weighted by Crippen LogP contribution is 2.36. The molecule has 1 heterocycles. The lowest BCUT2D eigenvalue weighted by Crippen LogP contribution is -2.26. The summed E-state index contributed by atoms with van der Waals surface area (Å²) in [6, 6.07) is 12.6. The van der Waals surface area contributed by atoms with Gasteiger partial charge in [0.2, 0.25) is 0 Å². The number of carbonyl (C=O) groups excluding carboxylic acids is 2.